The quantitative estimate of drug-likeness (QED) is 0.522. The molecule has 0 amide bonds. The molecule has 0 saturated carbocycles. The SMILES string of the molecule is O=C(CCc1ncc(-c2ccc(F)cc2F)o1)OCc1ccc(Br)cc1. The Morgan fingerprint density at radius 3 is 2.65 bits per heavy atom. The minimum absolute atomic E-state index is 0.0857. The first-order valence-corrected chi connectivity index (χ1v) is 8.61. The number of nitrogens with zero attached hydrogens (tertiary/aromatic N) is 1. The van der Waals surface area contributed by atoms with E-state index in [1.54, 1.807) is 0 Å². The van der Waals surface area contributed by atoms with Crippen LogP contribution in [0.1, 0.15) is 17.9 Å². The molecule has 4 nitrogen and oxygen atoms in total. The van der Waals surface area contributed by atoms with Gasteiger partial charge in [-0.15, -0.1) is 0 Å². The van der Waals surface area contributed by atoms with Gasteiger partial charge in [0.2, 0.25) is 0 Å². The third-order valence-electron chi connectivity index (χ3n) is 3.61. The third kappa shape index (κ3) is 4.76. The van der Waals surface area contributed by atoms with E-state index >= 15 is 0 Å². The van der Waals surface area contributed by atoms with Crippen LogP contribution in [0.5, 0.6) is 0 Å². The van der Waals surface area contributed by atoms with E-state index in [2.05, 4.69) is 20.9 Å². The topological polar surface area (TPSA) is 52.3 Å². The number of hydrogen-bond donors (Lipinski definition) is 0. The molecule has 3 aromatic rings. The number of carbonyl (C=O) groups excluding carboxylic acids is 1. The zero-order chi connectivity index (χ0) is 18.5. The van der Waals surface area contributed by atoms with E-state index in [9.17, 15) is 13.6 Å². The van der Waals surface area contributed by atoms with E-state index in [0.717, 1.165) is 22.2 Å². The molecule has 7 heteroatoms. The van der Waals surface area contributed by atoms with E-state index in [0.29, 0.717) is 0 Å². The van der Waals surface area contributed by atoms with Gasteiger partial charge >= 0.3 is 5.97 Å². The van der Waals surface area contributed by atoms with Gasteiger partial charge < -0.3 is 9.15 Å². The molecule has 26 heavy (non-hydrogen) atoms. The van der Waals surface area contributed by atoms with Gasteiger partial charge in [-0.3, -0.25) is 4.79 Å². The number of carbonyl (C=O) groups is 1. The summed E-state index contributed by atoms with van der Waals surface area (Å²) in [5, 5.41) is 0. The molecule has 0 N–H and O–H groups in total. The van der Waals surface area contributed by atoms with Crippen LogP contribution in [0.15, 0.2) is 57.6 Å². The summed E-state index contributed by atoms with van der Waals surface area (Å²) in [6, 6.07) is 10.6. The Kier molecular flexibility index (Phi) is 5.78. The largest absolute Gasteiger partial charge is 0.461 e. The Labute approximate surface area is 156 Å². The van der Waals surface area contributed by atoms with Crippen LogP contribution in [0.4, 0.5) is 8.78 Å². The van der Waals surface area contributed by atoms with Crippen LogP contribution in [-0.2, 0) is 22.6 Å². The lowest BCUT2D eigenvalue weighted by Gasteiger charge is -2.04. The van der Waals surface area contributed by atoms with Gasteiger partial charge in [-0.05, 0) is 29.8 Å². The van der Waals surface area contributed by atoms with Gasteiger partial charge in [-0.1, -0.05) is 28.1 Å². The van der Waals surface area contributed by atoms with Crippen LogP contribution in [-0.4, -0.2) is 11.0 Å². The number of halogens is 3. The molecule has 0 aliphatic rings. The van der Waals surface area contributed by atoms with Crippen LogP contribution in [0.3, 0.4) is 0 Å². The summed E-state index contributed by atoms with van der Waals surface area (Å²) < 4.78 is 38.3. The molecule has 0 bridgehead atoms. The highest BCUT2D eigenvalue weighted by Crippen LogP contribution is 2.24. The van der Waals surface area contributed by atoms with Crippen LogP contribution in [0, 0.1) is 11.6 Å². The van der Waals surface area contributed by atoms with Gasteiger partial charge in [0, 0.05) is 17.0 Å². The summed E-state index contributed by atoms with van der Waals surface area (Å²) in [6.45, 7) is 0.184. The summed E-state index contributed by atoms with van der Waals surface area (Å²) in [7, 11) is 0. The van der Waals surface area contributed by atoms with Gasteiger partial charge in [0.25, 0.3) is 0 Å². The number of rotatable bonds is 6. The first-order valence-electron chi connectivity index (χ1n) is 7.81. The highest BCUT2D eigenvalue weighted by atomic mass is 79.9. The zero-order valence-corrected chi connectivity index (χ0v) is 15.1. The van der Waals surface area contributed by atoms with Gasteiger partial charge in [-0.2, -0.15) is 0 Å². The number of esters is 1. The Morgan fingerprint density at radius 1 is 1.15 bits per heavy atom. The Bertz CT molecular complexity index is 909. The number of benzene rings is 2. The molecule has 1 aromatic heterocycles. The molecule has 0 spiro atoms. The smallest absolute Gasteiger partial charge is 0.306 e. The molecule has 134 valence electrons. The molecule has 2 aromatic carbocycles. The molecule has 0 unspecified atom stereocenters. The van der Waals surface area contributed by atoms with Crippen molar-refractivity contribution >= 4 is 21.9 Å². The minimum Gasteiger partial charge on any atom is -0.461 e. The van der Waals surface area contributed by atoms with Crippen molar-refractivity contribution in [3.63, 3.8) is 0 Å². The maximum absolute atomic E-state index is 13.7. The van der Waals surface area contributed by atoms with Crippen LogP contribution < -0.4 is 0 Å². The second-order valence-corrected chi connectivity index (χ2v) is 6.45. The van der Waals surface area contributed by atoms with E-state index in [-0.39, 0.29) is 42.6 Å². The summed E-state index contributed by atoms with van der Waals surface area (Å²) in [4.78, 5) is 15.8. The Hall–Kier alpha value is -2.54. The first-order chi connectivity index (χ1) is 12.5. The number of aryl methyl sites for hydroxylation is 1. The van der Waals surface area contributed by atoms with E-state index in [1.807, 2.05) is 24.3 Å². The predicted molar refractivity (Wildman–Crippen MR) is 94.1 cm³/mol. The number of aromatic nitrogens is 1. The Morgan fingerprint density at radius 2 is 1.92 bits per heavy atom. The number of oxazole rings is 1. The van der Waals surface area contributed by atoms with Crippen molar-refractivity contribution in [3.8, 4) is 11.3 Å². The third-order valence-corrected chi connectivity index (χ3v) is 4.13. The molecule has 3 rings (SSSR count). The maximum atomic E-state index is 13.7. The molecule has 0 atom stereocenters. The predicted octanol–water partition coefficient (Wildman–Crippen LogP) is 5.06. The van der Waals surface area contributed by atoms with Crippen LogP contribution in [0.2, 0.25) is 0 Å². The number of hydrogen-bond acceptors (Lipinski definition) is 4. The van der Waals surface area contributed by atoms with Crippen molar-refractivity contribution in [3.05, 3.63) is 76.2 Å². The molecule has 0 fully saturated rings. The molecule has 0 saturated heterocycles. The highest BCUT2D eigenvalue weighted by Gasteiger charge is 2.13. The van der Waals surface area contributed by atoms with Gasteiger partial charge in [0.1, 0.15) is 18.2 Å². The summed E-state index contributed by atoms with van der Waals surface area (Å²) in [5.41, 5.74) is 0.995. The molecular weight excluding hydrogens is 408 g/mol. The first kappa shape index (κ1) is 18.3. The lowest BCUT2D eigenvalue weighted by Crippen LogP contribution is -2.06. The number of ether oxygens (including phenoxy) is 1. The summed E-state index contributed by atoms with van der Waals surface area (Å²) in [5.74, 6) is -1.33. The van der Waals surface area contributed by atoms with E-state index in [4.69, 9.17) is 9.15 Å². The van der Waals surface area contributed by atoms with E-state index in [1.165, 1.54) is 12.3 Å². The van der Waals surface area contributed by atoms with Crippen molar-refractivity contribution in [2.24, 2.45) is 0 Å². The fraction of sp³-hybridized carbons (Fsp3) is 0.158. The van der Waals surface area contributed by atoms with Crippen LogP contribution >= 0.6 is 15.9 Å². The summed E-state index contributed by atoms with van der Waals surface area (Å²) in [6.07, 6.45) is 1.66. The monoisotopic (exact) mass is 421 g/mol. The fourth-order valence-corrected chi connectivity index (χ4v) is 2.53. The average molecular weight is 422 g/mol. The molecule has 0 aliphatic heterocycles. The highest BCUT2D eigenvalue weighted by molar-refractivity contribution is 9.10. The second-order valence-electron chi connectivity index (χ2n) is 5.53. The standard InChI is InChI=1S/C19H14BrF2NO3/c20-13-3-1-12(2-4-13)11-25-19(24)8-7-18-23-10-17(26-18)15-6-5-14(21)9-16(15)22/h1-6,9-10H,7-8,11H2. The van der Waals surface area contributed by atoms with Crippen molar-refractivity contribution in [2.45, 2.75) is 19.4 Å². The van der Waals surface area contributed by atoms with Crippen LogP contribution in [0.25, 0.3) is 11.3 Å². The maximum Gasteiger partial charge on any atom is 0.306 e. The molecule has 0 radical (unpaired) electrons. The van der Waals surface area contributed by atoms with Gasteiger partial charge in [-0.25, -0.2) is 13.8 Å². The molecule has 1 heterocycles. The van der Waals surface area contributed by atoms with Crippen molar-refractivity contribution in [1.82, 2.24) is 4.98 Å². The molecule has 0 aliphatic carbocycles. The zero-order valence-electron chi connectivity index (χ0n) is 13.5. The fourth-order valence-electron chi connectivity index (χ4n) is 2.27. The van der Waals surface area contributed by atoms with Crippen molar-refractivity contribution in [2.75, 3.05) is 0 Å². The van der Waals surface area contributed by atoms with E-state index < -0.39 is 11.6 Å². The van der Waals surface area contributed by atoms with Gasteiger partial charge in [0.15, 0.2) is 11.7 Å². The second kappa shape index (κ2) is 8.23. The lowest BCUT2D eigenvalue weighted by molar-refractivity contribution is -0.145. The van der Waals surface area contributed by atoms with Crippen molar-refractivity contribution < 1.29 is 22.7 Å². The molecular formula is C19H14BrF2NO3. The van der Waals surface area contributed by atoms with Crippen molar-refractivity contribution in [1.29, 1.82) is 0 Å². The lowest BCUT2D eigenvalue weighted by atomic mass is 10.2. The summed E-state index contributed by atoms with van der Waals surface area (Å²) >= 11 is 3.34. The minimum atomic E-state index is -0.735. The Balaban J connectivity index is 1.52. The van der Waals surface area contributed by atoms with Gasteiger partial charge in [0.05, 0.1) is 18.2 Å². The normalized spacial score (nSPS) is 10.7. The average Bonchev–Trinajstić information content (AvgIpc) is 3.08.